The van der Waals surface area contributed by atoms with Crippen molar-refractivity contribution >= 4 is 34.7 Å². The Labute approximate surface area is 210 Å². The number of hydrogen-bond acceptors (Lipinski definition) is 5. The topological polar surface area (TPSA) is 87.7 Å². The van der Waals surface area contributed by atoms with Gasteiger partial charge in [0.25, 0.3) is 5.91 Å². The van der Waals surface area contributed by atoms with Gasteiger partial charge in [-0.25, -0.2) is 0 Å². The third kappa shape index (κ3) is 6.93. The molecule has 0 unspecified atom stereocenters. The lowest BCUT2D eigenvalue weighted by Gasteiger charge is -2.34. The number of ether oxygens (including phenoxy) is 1. The lowest BCUT2D eigenvalue weighted by Crippen LogP contribution is -2.51. The van der Waals surface area contributed by atoms with Crippen molar-refractivity contribution < 1.29 is 19.1 Å². The summed E-state index contributed by atoms with van der Waals surface area (Å²) in [4.78, 5) is 41.8. The van der Waals surface area contributed by atoms with E-state index in [0.29, 0.717) is 28.5 Å². The maximum absolute atomic E-state index is 13.7. The van der Waals surface area contributed by atoms with E-state index >= 15 is 0 Å². The Hall–Kier alpha value is -3.65. The molecule has 3 rings (SSSR count). The van der Waals surface area contributed by atoms with Crippen LogP contribution in [-0.2, 0) is 9.59 Å². The first-order valence-corrected chi connectivity index (χ1v) is 12.3. The summed E-state index contributed by atoms with van der Waals surface area (Å²) in [5, 5.41) is 7.49. The van der Waals surface area contributed by atoms with Gasteiger partial charge in [-0.05, 0) is 56.8 Å². The largest absolute Gasteiger partial charge is 0.492 e. The van der Waals surface area contributed by atoms with Gasteiger partial charge in [0.15, 0.2) is 0 Å². The van der Waals surface area contributed by atoms with Crippen LogP contribution < -0.4 is 20.3 Å². The molecule has 1 atom stereocenters. The number of hydrogen-bond donors (Lipinski definition) is 2. The predicted octanol–water partition coefficient (Wildman–Crippen LogP) is 4.57. The molecule has 0 aliphatic rings. The van der Waals surface area contributed by atoms with Crippen molar-refractivity contribution in [1.82, 2.24) is 10.6 Å². The van der Waals surface area contributed by atoms with Crippen LogP contribution in [0.25, 0.3) is 0 Å². The van der Waals surface area contributed by atoms with Crippen LogP contribution in [0.4, 0.5) is 5.69 Å². The highest BCUT2D eigenvalue weighted by Gasteiger charge is 2.35. The molecular weight excluding hydrogens is 462 g/mol. The predicted molar refractivity (Wildman–Crippen MR) is 139 cm³/mol. The van der Waals surface area contributed by atoms with E-state index in [-0.39, 0.29) is 18.4 Å². The van der Waals surface area contributed by atoms with E-state index in [1.807, 2.05) is 52.0 Å². The van der Waals surface area contributed by atoms with Crippen LogP contribution in [-0.4, -0.2) is 36.4 Å². The zero-order valence-corrected chi connectivity index (χ0v) is 21.2. The molecule has 1 aromatic heterocycles. The zero-order valence-electron chi connectivity index (χ0n) is 20.4. The molecule has 3 amide bonds. The summed E-state index contributed by atoms with van der Waals surface area (Å²) >= 11 is 1.29. The molecule has 0 aliphatic carbocycles. The van der Waals surface area contributed by atoms with E-state index in [2.05, 4.69) is 10.6 Å². The Kier molecular flexibility index (Phi) is 8.65. The number of thiophene rings is 1. The Balaban J connectivity index is 2.06. The van der Waals surface area contributed by atoms with Gasteiger partial charge in [0.1, 0.15) is 11.8 Å². The fraction of sp³-hybridized carbons (Fsp3) is 0.296. The summed E-state index contributed by atoms with van der Waals surface area (Å²) in [5.74, 6) is -0.660. The number of anilines is 1. The molecule has 0 saturated carbocycles. The van der Waals surface area contributed by atoms with Crippen molar-refractivity contribution in [3.8, 4) is 5.75 Å². The molecule has 0 aliphatic heterocycles. The minimum absolute atomic E-state index is 0.288. The van der Waals surface area contributed by atoms with E-state index in [0.717, 1.165) is 0 Å². The molecule has 2 aromatic carbocycles. The fourth-order valence-electron chi connectivity index (χ4n) is 3.58. The fourth-order valence-corrected chi connectivity index (χ4v) is 4.22. The summed E-state index contributed by atoms with van der Waals surface area (Å²) in [7, 11) is 0. The summed E-state index contributed by atoms with van der Waals surface area (Å²) < 4.78 is 5.81. The van der Waals surface area contributed by atoms with E-state index in [4.69, 9.17) is 4.74 Å². The smallest absolute Gasteiger partial charge is 0.261 e. The first-order valence-electron chi connectivity index (χ1n) is 11.4. The van der Waals surface area contributed by atoms with E-state index in [9.17, 15) is 14.4 Å². The third-order valence-corrected chi connectivity index (χ3v) is 5.83. The monoisotopic (exact) mass is 493 g/mol. The summed E-state index contributed by atoms with van der Waals surface area (Å²) in [6, 6.07) is 18.7. The quantitative estimate of drug-likeness (QED) is 0.457. The van der Waals surface area contributed by atoms with Gasteiger partial charge in [0, 0.05) is 5.54 Å². The lowest BCUT2D eigenvalue weighted by molar-refractivity contribution is -0.127. The van der Waals surface area contributed by atoms with Crippen molar-refractivity contribution in [3.05, 3.63) is 82.6 Å². The van der Waals surface area contributed by atoms with Crippen LogP contribution >= 0.6 is 11.3 Å². The molecule has 0 fully saturated rings. The minimum Gasteiger partial charge on any atom is -0.492 e. The molecule has 0 saturated heterocycles. The highest BCUT2D eigenvalue weighted by atomic mass is 32.1. The van der Waals surface area contributed by atoms with Gasteiger partial charge in [-0.1, -0.05) is 48.5 Å². The van der Waals surface area contributed by atoms with Crippen molar-refractivity contribution in [1.29, 1.82) is 0 Å². The van der Waals surface area contributed by atoms with Crippen LogP contribution in [0.5, 0.6) is 5.75 Å². The standard InChI is InChI=1S/C27H31N3O4S/c1-5-34-21-15-10-9-14-20(21)30(23(31)18-28-25(32)22-16-11-17-35-22)24(19-12-7-6-8-13-19)26(33)29-27(2,3)4/h6-17,24H,5,18H2,1-4H3,(H,28,32)(H,29,33)/t24-/m0/s1. The number of nitrogens with zero attached hydrogens (tertiary/aromatic N) is 1. The second-order valence-electron chi connectivity index (χ2n) is 8.88. The highest BCUT2D eigenvalue weighted by molar-refractivity contribution is 7.12. The van der Waals surface area contributed by atoms with Crippen LogP contribution in [0.15, 0.2) is 72.1 Å². The molecule has 0 radical (unpaired) electrons. The normalized spacial score (nSPS) is 11.9. The van der Waals surface area contributed by atoms with Gasteiger partial charge in [0.05, 0.1) is 23.7 Å². The van der Waals surface area contributed by atoms with Crippen LogP contribution in [0.3, 0.4) is 0 Å². The Bertz CT molecular complexity index is 1140. The van der Waals surface area contributed by atoms with Crippen molar-refractivity contribution in [3.63, 3.8) is 0 Å². The Morgan fingerprint density at radius 2 is 1.66 bits per heavy atom. The van der Waals surface area contributed by atoms with Crippen LogP contribution in [0.2, 0.25) is 0 Å². The van der Waals surface area contributed by atoms with Gasteiger partial charge in [0.2, 0.25) is 11.8 Å². The summed E-state index contributed by atoms with van der Waals surface area (Å²) in [5.41, 5.74) is 0.562. The van der Waals surface area contributed by atoms with Crippen LogP contribution in [0.1, 0.15) is 49.0 Å². The Morgan fingerprint density at radius 1 is 0.971 bits per heavy atom. The van der Waals surface area contributed by atoms with Gasteiger partial charge in [-0.2, -0.15) is 0 Å². The number of rotatable bonds is 9. The molecule has 35 heavy (non-hydrogen) atoms. The van der Waals surface area contributed by atoms with E-state index in [1.54, 1.807) is 47.8 Å². The van der Waals surface area contributed by atoms with Crippen molar-refractivity contribution in [2.24, 2.45) is 0 Å². The van der Waals surface area contributed by atoms with Crippen LogP contribution in [0, 0.1) is 0 Å². The first kappa shape index (κ1) is 26.0. The average molecular weight is 494 g/mol. The summed E-state index contributed by atoms with van der Waals surface area (Å²) in [6.07, 6.45) is 0. The minimum atomic E-state index is -0.983. The number of para-hydroxylation sites is 2. The Morgan fingerprint density at radius 3 is 2.29 bits per heavy atom. The molecule has 3 aromatic rings. The molecule has 0 bridgehead atoms. The summed E-state index contributed by atoms with van der Waals surface area (Å²) in [6.45, 7) is 7.60. The molecular formula is C27H31N3O4S. The molecule has 1 heterocycles. The van der Waals surface area contributed by atoms with E-state index < -0.39 is 17.5 Å². The second-order valence-corrected chi connectivity index (χ2v) is 9.82. The van der Waals surface area contributed by atoms with Gasteiger partial charge >= 0.3 is 0 Å². The van der Waals surface area contributed by atoms with Gasteiger partial charge in [-0.3, -0.25) is 19.3 Å². The SMILES string of the molecule is CCOc1ccccc1N(C(=O)CNC(=O)c1cccs1)[C@H](C(=O)NC(C)(C)C)c1ccccc1. The van der Waals surface area contributed by atoms with Crippen molar-refractivity contribution in [2.75, 3.05) is 18.1 Å². The molecule has 8 heteroatoms. The first-order chi connectivity index (χ1) is 16.7. The average Bonchev–Trinajstić information content (AvgIpc) is 3.36. The second kappa shape index (κ2) is 11.7. The zero-order chi connectivity index (χ0) is 25.4. The molecule has 2 N–H and O–H groups in total. The number of nitrogens with one attached hydrogen (secondary N) is 2. The van der Waals surface area contributed by atoms with Gasteiger partial charge in [-0.15, -0.1) is 11.3 Å². The lowest BCUT2D eigenvalue weighted by atomic mass is 10.0. The molecule has 184 valence electrons. The van der Waals surface area contributed by atoms with E-state index in [1.165, 1.54) is 16.2 Å². The molecule has 7 nitrogen and oxygen atoms in total. The number of benzene rings is 2. The maximum Gasteiger partial charge on any atom is 0.261 e. The van der Waals surface area contributed by atoms with Crippen molar-refractivity contribution in [2.45, 2.75) is 39.3 Å². The molecule has 0 spiro atoms. The number of carbonyl (C=O) groups is 3. The number of carbonyl (C=O) groups excluding carboxylic acids is 3. The maximum atomic E-state index is 13.7. The number of amides is 3. The highest BCUT2D eigenvalue weighted by Crippen LogP contribution is 2.35. The van der Waals surface area contributed by atoms with Gasteiger partial charge < -0.3 is 15.4 Å². The third-order valence-electron chi connectivity index (χ3n) is 4.96.